The molecule has 5 heteroatoms. The van der Waals surface area contributed by atoms with Gasteiger partial charge < -0.3 is 10.5 Å². The van der Waals surface area contributed by atoms with Crippen molar-refractivity contribution in [3.05, 3.63) is 40.7 Å². The Morgan fingerprint density at radius 1 is 1.44 bits per heavy atom. The highest BCUT2D eigenvalue weighted by Gasteiger charge is 2.14. The number of aryl methyl sites for hydroxylation is 1. The molecule has 0 aliphatic rings. The first-order valence-electron chi connectivity index (χ1n) is 5.76. The second-order valence-corrected chi connectivity index (χ2v) is 4.36. The van der Waals surface area contributed by atoms with Gasteiger partial charge in [-0.1, -0.05) is 17.7 Å². The van der Waals surface area contributed by atoms with Crippen LogP contribution in [0.25, 0.3) is 5.69 Å². The minimum atomic E-state index is 0.560. The molecule has 0 amide bonds. The van der Waals surface area contributed by atoms with Crippen molar-refractivity contribution < 1.29 is 4.74 Å². The van der Waals surface area contributed by atoms with E-state index in [1.165, 1.54) is 0 Å². The van der Waals surface area contributed by atoms with Crippen LogP contribution >= 0.6 is 11.6 Å². The molecule has 0 fully saturated rings. The zero-order chi connectivity index (χ0) is 13.1. The first-order chi connectivity index (χ1) is 8.67. The molecule has 1 aromatic carbocycles. The van der Waals surface area contributed by atoms with Gasteiger partial charge in [0.25, 0.3) is 0 Å². The topological polar surface area (TPSA) is 53.1 Å². The van der Waals surface area contributed by atoms with E-state index in [0.29, 0.717) is 11.7 Å². The number of rotatable bonds is 4. The molecule has 0 aliphatic heterocycles. The molecule has 0 aliphatic carbocycles. The van der Waals surface area contributed by atoms with Gasteiger partial charge in [0, 0.05) is 11.6 Å². The molecule has 18 heavy (non-hydrogen) atoms. The third-order valence-corrected chi connectivity index (χ3v) is 3.20. The number of aromatic nitrogens is 2. The van der Waals surface area contributed by atoms with Crippen molar-refractivity contribution in [1.29, 1.82) is 0 Å². The van der Waals surface area contributed by atoms with Gasteiger partial charge in [-0.15, -0.1) is 0 Å². The molecule has 0 saturated carbocycles. The minimum Gasteiger partial charge on any atom is -0.497 e. The van der Waals surface area contributed by atoms with Crippen molar-refractivity contribution in [3.8, 4) is 11.4 Å². The third-order valence-electron chi connectivity index (χ3n) is 2.81. The van der Waals surface area contributed by atoms with Crippen molar-refractivity contribution in [3.63, 3.8) is 0 Å². The summed E-state index contributed by atoms with van der Waals surface area (Å²) in [6.07, 6.45) is 0.731. The highest BCUT2D eigenvalue weighted by atomic mass is 35.5. The zero-order valence-corrected chi connectivity index (χ0v) is 11.2. The summed E-state index contributed by atoms with van der Waals surface area (Å²) in [5.74, 6) is 0.775. The SMILES string of the molecule is COc1cccc(-n2nc(C)c(CCN)c2Cl)c1. The lowest BCUT2D eigenvalue weighted by Crippen LogP contribution is -2.03. The number of methoxy groups -OCH3 is 1. The summed E-state index contributed by atoms with van der Waals surface area (Å²) in [5, 5.41) is 5.06. The Labute approximate surface area is 111 Å². The Morgan fingerprint density at radius 2 is 2.22 bits per heavy atom. The Bertz CT molecular complexity index is 551. The standard InChI is InChI=1S/C13H16ClN3O/c1-9-12(6-7-15)13(14)17(16-9)10-4-3-5-11(8-10)18-2/h3-5,8H,6-7,15H2,1-2H3. The minimum absolute atomic E-state index is 0.560. The molecular formula is C13H16ClN3O. The average molecular weight is 266 g/mol. The normalized spacial score (nSPS) is 10.7. The summed E-state index contributed by atoms with van der Waals surface area (Å²) >= 11 is 6.34. The summed E-state index contributed by atoms with van der Waals surface area (Å²) in [4.78, 5) is 0. The lowest BCUT2D eigenvalue weighted by Gasteiger charge is -2.06. The number of benzene rings is 1. The molecule has 0 radical (unpaired) electrons. The molecule has 0 atom stereocenters. The van der Waals surface area contributed by atoms with Crippen molar-refractivity contribution in [2.24, 2.45) is 5.73 Å². The van der Waals surface area contributed by atoms with E-state index in [2.05, 4.69) is 5.10 Å². The monoisotopic (exact) mass is 265 g/mol. The van der Waals surface area contributed by atoms with Crippen molar-refractivity contribution in [1.82, 2.24) is 9.78 Å². The molecule has 96 valence electrons. The summed E-state index contributed by atoms with van der Waals surface area (Å²) in [7, 11) is 1.63. The summed E-state index contributed by atoms with van der Waals surface area (Å²) in [5.41, 5.74) is 8.37. The summed E-state index contributed by atoms with van der Waals surface area (Å²) in [6.45, 7) is 2.50. The Morgan fingerprint density at radius 3 is 2.89 bits per heavy atom. The number of ether oxygens (including phenoxy) is 1. The molecule has 0 unspecified atom stereocenters. The van der Waals surface area contributed by atoms with Crippen LogP contribution in [0.2, 0.25) is 5.15 Å². The van der Waals surface area contributed by atoms with Crippen LogP contribution in [0.5, 0.6) is 5.75 Å². The second-order valence-electron chi connectivity index (χ2n) is 4.01. The van der Waals surface area contributed by atoms with Gasteiger partial charge in [0.05, 0.1) is 18.5 Å². The molecule has 4 nitrogen and oxygen atoms in total. The maximum atomic E-state index is 6.34. The van der Waals surface area contributed by atoms with Gasteiger partial charge in [0.2, 0.25) is 0 Å². The molecule has 1 heterocycles. The van der Waals surface area contributed by atoms with E-state index in [0.717, 1.165) is 29.1 Å². The van der Waals surface area contributed by atoms with E-state index in [9.17, 15) is 0 Å². The fourth-order valence-electron chi connectivity index (χ4n) is 1.87. The highest BCUT2D eigenvalue weighted by Crippen LogP contribution is 2.25. The fourth-order valence-corrected chi connectivity index (χ4v) is 2.24. The zero-order valence-electron chi connectivity index (χ0n) is 10.5. The average Bonchev–Trinajstić information content (AvgIpc) is 2.67. The van der Waals surface area contributed by atoms with Crippen LogP contribution in [0.1, 0.15) is 11.3 Å². The van der Waals surface area contributed by atoms with Crippen LogP contribution in [0.15, 0.2) is 24.3 Å². The molecule has 0 saturated heterocycles. The van der Waals surface area contributed by atoms with Crippen LogP contribution in [0, 0.1) is 6.92 Å². The van der Waals surface area contributed by atoms with E-state index in [1.807, 2.05) is 31.2 Å². The molecule has 2 aromatic rings. The Kier molecular flexibility index (Phi) is 3.89. The van der Waals surface area contributed by atoms with Gasteiger partial charge in [-0.2, -0.15) is 5.10 Å². The predicted molar refractivity (Wildman–Crippen MR) is 72.6 cm³/mol. The van der Waals surface area contributed by atoms with Crippen LogP contribution in [0.4, 0.5) is 0 Å². The van der Waals surface area contributed by atoms with Gasteiger partial charge in [0.15, 0.2) is 0 Å². The highest BCUT2D eigenvalue weighted by molar-refractivity contribution is 6.30. The number of nitrogens with zero attached hydrogens (tertiary/aromatic N) is 2. The van der Waals surface area contributed by atoms with Gasteiger partial charge in [0.1, 0.15) is 10.9 Å². The van der Waals surface area contributed by atoms with Gasteiger partial charge in [-0.3, -0.25) is 0 Å². The largest absolute Gasteiger partial charge is 0.497 e. The predicted octanol–water partition coefficient (Wildman–Crippen LogP) is 2.34. The van der Waals surface area contributed by atoms with Gasteiger partial charge in [-0.05, 0) is 32.0 Å². The van der Waals surface area contributed by atoms with E-state index in [1.54, 1.807) is 11.8 Å². The molecule has 0 spiro atoms. The van der Waals surface area contributed by atoms with E-state index >= 15 is 0 Å². The lowest BCUT2D eigenvalue weighted by molar-refractivity contribution is 0.414. The van der Waals surface area contributed by atoms with Crippen LogP contribution < -0.4 is 10.5 Å². The quantitative estimate of drug-likeness (QED) is 0.923. The number of halogens is 1. The first kappa shape index (κ1) is 12.9. The van der Waals surface area contributed by atoms with Crippen molar-refractivity contribution >= 4 is 11.6 Å². The Balaban J connectivity index is 2.47. The van der Waals surface area contributed by atoms with E-state index in [4.69, 9.17) is 22.1 Å². The smallest absolute Gasteiger partial charge is 0.136 e. The number of hydrogen-bond acceptors (Lipinski definition) is 3. The van der Waals surface area contributed by atoms with E-state index in [-0.39, 0.29) is 0 Å². The maximum Gasteiger partial charge on any atom is 0.136 e. The van der Waals surface area contributed by atoms with Crippen molar-refractivity contribution in [2.45, 2.75) is 13.3 Å². The first-order valence-corrected chi connectivity index (χ1v) is 6.13. The molecule has 2 rings (SSSR count). The molecular weight excluding hydrogens is 250 g/mol. The third kappa shape index (κ3) is 2.35. The van der Waals surface area contributed by atoms with Crippen molar-refractivity contribution in [2.75, 3.05) is 13.7 Å². The number of hydrogen-bond donors (Lipinski definition) is 1. The summed E-state index contributed by atoms with van der Waals surface area (Å²) in [6, 6.07) is 7.62. The number of nitrogens with two attached hydrogens (primary N) is 1. The lowest BCUT2D eigenvalue weighted by atomic mass is 10.2. The Hall–Kier alpha value is -1.52. The maximum absolute atomic E-state index is 6.34. The molecule has 0 bridgehead atoms. The van der Waals surface area contributed by atoms with Gasteiger partial charge in [-0.25, -0.2) is 4.68 Å². The van der Waals surface area contributed by atoms with E-state index < -0.39 is 0 Å². The summed E-state index contributed by atoms with van der Waals surface area (Å²) < 4.78 is 6.91. The van der Waals surface area contributed by atoms with Crippen LogP contribution in [-0.4, -0.2) is 23.4 Å². The second kappa shape index (κ2) is 5.42. The van der Waals surface area contributed by atoms with Crippen LogP contribution in [0.3, 0.4) is 0 Å². The molecule has 2 N–H and O–H groups in total. The fraction of sp³-hybridized carbons (Fsp3) is 0.308. The van der Waals surface area contributed by atoms with Gasteiger partial charge >= 0.3 is 0 Å². The molecule has 1 aromatic heterocycles. The van der Waals surface area contributed by atoms with Crippen LogP contribution in [-0.2, 0) is 6.42 Å².